The Balaban J connectivity index is 0.00000385. The summed E-state index contributed by atoms with van der Waals surface area (Å²) in [5.41, 5.74) is 4.13. The highest BCUT2D eigenvalue weighted by Crippen LogP contribution is 2.22. The van der Waals surface area contributed by atoms with Gasteiger partial charge in [-0.15, -0.1) is 24.0 Å². The second kappa shape index (κ2) is 13.2. The number of halogens is 1. The van der Waals surface area contributed by atoms with E-state index in [2.05, 4.69) is 53.7 Å². The molecule has 7 nitrogen and oxygen atoms in total. The summed E-state index contributed by atoms with van der Waals surface area (Å²) in [6, 6.07) is 16.4. The molecule has 0 amide bonds. The Morgan fingerprint density at radius 1 is 1.15 bits per heavy atom. The van der Waals surface area contributed by atoms with Crippen molar-refractivity contribution in [1.29, 1.82) is 0 Å². The van der Waals surface area contributed by atoms with Crippen LogP contribution in [0.25, 0.3) is 11.5 Å². The van der Waals surface area contributed by atoms with Gasteiger partial charge in [0.2, 0.25) is 5.89 Å². The molecule has 0 spiro atoms. The van der Waals surface area contributed by atoms with Crippen LogP contribution in [0.5, 0.6) is 5.75 Å². The number of hydrogen-bond donors (Lipinski definition) is 2. The van der Waals surface area contributed by atoms with Crippen molar-refractivity contribution in [2.45, 2.75) is 26.4 Å². The molecule has 1 unspecified atom stereocenters. The van der Waals surface area contributed by atoms with Gasteiger partial charge in [-0.2, -0.15) is 0 Å². The van der Waals surface area contributed by atoms with Crippen LogP contribution < -0.4 is 15.4 Å². The maximum atomic E-state index is 5.65. The highest BCUT2D eigenvalue weighted by atomic mass is 127. The Kier molecular flexibility index (Phi) is 10.7. The number of rotatable bonds is 9. The quantitative estimate of drug-likeness (QED) is 0.225. The van der Waals surface area contributed by atoms with E-state index in [4.69, 9.17) is 14.1 Å². The summed E-state index contributed by atoms with van der Waals surface area (Å²) in [7, 11) is 5.82. The van der Waals surface area contributed by atoms with E-state index in [0.29, 0.717) is 19.0 Å². The van der Waals surface area contributed by atoms with Crippen molar-refractivity contribution < 1.29 is 9.15 Å². The number of oxazole rings is 1. The molecule has 2 aromatic carbocycles. The van der Waals surface area contributed by atoms with Crippen LogP contribution in [0.2, 0.25) is 0 Å². The monoisotopic (exact) mass is 563 g/mol. The predicted molar refractivity (Wildman–Crippen MR) is 144 cm³/mol. The number of nitrogens with one attached hydrogen (secondary N) is 2. The van der Waals surface area contributed by atoms with E-state index in [-0.39, 0.29) is 30.0 Å². The molecule has 33 heavy (non-hydrogen) atoms. The van der Waals surface area contributed by atoms with Gasteiger partial charge >= 0.3 is 0 Å². The minimum absolute atomic E-state index is 0. The molecule has 1 aromatic heterocycles. The number of aliphatic imine (C=N–C) groups is 1. The molecule has 1 heterocycles. The molecule has 0 aliphatic carbocycles. The Labute approximate surface area is 213 Å². The van der Waals surface area contributed by atoms with Crippen LogP contribution in [-0.4, -0.2) is 50.1 Å². The van der Waals surface area contributed by atoms with Gasteiger partial charge in [-0.25, -0.2) is 9.98 Å². The molecular formula is C25H34IN5O2. The van der Waals surface area contributed by atoms with E-state index in [1.807, 2.05) is 43.3 Å². The molecule has 3 rings (SSSR count). The van der Waals surface area contributed by atoms with Gasteiger partial charge in [0.05, 0.1) is 19.7 Å². The standard InChI is InChI=1S/C25H33N5O2.HI/c1-6-26-25(28-16-23(30(3)4)20-8-7-9-22(14-20)31-5)27-15-21-17-32-24(29-21)19-12-10-18(2)11-13-19;/h7-14,17,23H,6,15-16H2,1-5H3,(H2,26,27,28);1H. The van der Waals surface area contributed by atoms with Gasteiger partial charge in [0.25, 0.3) is 0 Å². The van der Waals surface area contributed by atoms with E-state index in [0.717, 1.165) is 29.5 Å². The smallest absolute Gasteiger partial charge is 0.226 e. The van der Waals surface area contributed by atoms with E-state index < -0.39 is 0 Å². The first kappa shape index (κ1) is 26.7. The van der Waals surface area contributed by atoms with E-state index >= 15 is 0 Å². The molecule has 8 heteroatoms. The van der Waals surface area contributed by atoms with Crippen molar-refractivity contribution in [1.82, 2.24) is 20.5 Å². The van der Waals surface area contributed by atoms with E-state index in [1.54, 1.807) is 13.4 Å². The molecule has 0 radical (unpaired) electrons. The maximum absolute atomic E-state index is 5.65. The third kappa shape index (κ3) is 7.75. The lowest BCUT2D eigenvalue weighted by molar-refractivity contribution is 0.297. The summed E-state index contributed by atoms with van der Waals surface area (Å²) in [5, 5.41) is 6.75. The molecule has 0 aliphatic rings. The van der Waals surface area contributed by atoms with Crippen molar-refractivity contribution in [3.63, 3.8) is 0 Å². The van der Waals surface area contributed by atoms with Gasteiger partial charge in [-0.3, -0.25) is 0 Å². The zero-order chi connectivity index (χ0) is 22.9. The fourth-order valence-corrected chi connectivity index (χ4v) is 3.35. The molecule has 178 valence electrons. The number of hydrogen-bond acceptors (Lipinski definition) is 5. The lowest BCUT2D eigenvalue weighted by Gasteiger charge is -2.26. The van der Waals surface area contributed by atoms with Crippen LogP contribution in [0, 0.1) is 6.92 Å². The minimum atomic E-state index is 0. The number of benzene rings is 2. The lowest BCUT2D eigenvalue weighted by atomic mass is 10.1. The maximum Gasteiger partial charge on any atom is 0.226 e. The first-order chi connectivity index (χ1) is 15.5. The number of nitrogens with zero attached hydrogens (tertiary/aromatic N) is 3. The Morgan fingerprint density at radius 2 is 1.91 bits per heavy atom. The van der Waals surface area contributed by atoms with Crippen LogP contribution in [-0.2, 0) is 6.54 Å². The fourth-order valence-electron chi connectivity index (χ4n) is 3.35. The minimum Gasteiger partial charge on any atom is -0.497 e. The summed E-state index contributed by atoms with van der Waals surface area (Å²) in [4.78, 5) is 11.5. The molecule has 0 fully saturated rings. The largest absolute Gasteiger partial charge is 0.497 e. The molecular weight excluding hydrogens is 529 g/mol. The summed E-state index contributed by atoms with van der Waals surface area (Å²) in [6.07, 6.45) is 1.67. The normalized spacial score (nSPS) is 12.2. The lowest BCUT2D eigenvalue weighted by Crippen LogP contribution is -2.41. The molecule has 0 bridgehead atoms. The molecule has 0 aliphatic heterocycles. The molecule has 0 saturated carbocycles. The second-order valence-electron chi connectivity index (χ2n) is 7.84. The third-order valence-corrected chi connectivity index (χ3v) is 5.16. The zero-order valence-corrected chi connectivity index (χ0v) is 22.3. The van der Waals surface area contributed by atoms with Crippen LogP contribution in [0.4, 0.5) is 0 Å². The molecule has 2 N–H and O–H groups in total. The van der Waals surface area contributed by atoms with Crippen molar-refractivity contribution in [2.75, 3.05) is 34.3 Å². The third-order valence-electron chi connectivity index (χ3n) is 5.16. The number of methoxy groups -OCH3 is 1. The Hall–Kier alpha value is -2.59. The van der Waals surface area contributed by atoms with Gasteiger partial charge in [0, 0.05) is 18.7 Å². The summed E-state index contributed by atoms with van der Waals surface area (Å²) in [5.74, 6) is 2.20. The highest BCUT2D eigenvalue weighted by Gasteiger charge is 2.15. The van der Waals surface area contributed by atoms with Crippen LogP contribution >= 0.6 is 24.0 Å². The number of aryl methyl sites for hydroxylation is 1. The average Bonchev–Trinajstić information content (AvgIpc) is 3.27. The SMILES string of the molecule is CCNC(=NCc1coc(-c2ccc(C)cc2)n1)NCC(c1cccc(OC)c1)N(C)C.I. The second-order valence-corrected chi connectivity index (χ2v) is 7.84. The Morgan fingerprint density at radius 3 is 2.58 bits per heavy atom. The van der Waals surface area contributed by atoms with Crippen molar-refractivity contribution in [3.8, 4) is 17.2 Å². The van der Waals surface area contributed by atoms with Gasteiger partial charge in [-0.05, 0) is 57.8 Å². The van der Waals surface area contributed by atoms with Crippen LogP contribution in [0.15, 0.2) is 64.2 Å². The fraction of sp³-hybridized carbons (Fsp3) is 0.360. The molecule has 1 atom stereocenters. The first-order valence-corrected chi connectivity index (χ1v) is 10.8. The summed E-state index contributed by atoms with van der Waals surface area (Å²) < 4.78 is 11.0. The van der Waals surface area contributed by atoms with E-state index in [9.17, 15) is 0 Å². The van der Waals surface area contributed by atoms with Crippen LogP contribution in [0.3, 0.4) is 0 Å². The van der Waals surface area contributed by atoms with E-state index in [1.165, 1.54) is 11.1 Å². The number of guanidine groups is 1. The summed E-state index contributed by atoms with van der Waals surface area (Å²) in [6.45, 7) is 6.00. The predicted octanol–water partition coefficient (Wildman–Crippen LogP) is 4.63. The average molecular weight is 563 g/mol. The molecule has 0 saturated heterocycles. The highest BCUT2D eigenvalue weighted by molar-refractivity contribution is 14.0. The van der Waals surface area contributed by atoms with Gasteiger partial charge in [-0.1, -0.05) is 29.8 Å². The summed E-state index contributed by atoms with van der Waals surface area (Å²) >= 11 is 0. The first-order valence-electron chi connectivity index (χ1n) is 10.8. The van der Waals surface area contributed by atoms with Gasteiger partial charge < -0.3 is 24.7 Å². The van der Waals surface area contributed by atoms with Crippen LogP contribution in [0.1, 0.15) is 29.8 Å². The van der Waals surface area contributed by atoms with Gasteiger partial charge in [0.1, 0.15) is 17.7 Å². The van der Waals surface area contributed by atoms with Crippen molar-refractivity contribution in [2.24, 2.45) is 4.99 Å². The number of ether oxygens (including phenoxy) is 1. The van der Waals surface area contributed by atoms with Gasteiger partial charge in [0.15, 0.2) is 5.96 Å². The van der Waals surface area contributed by atoms with Crippen molar-refractivity contribution in [3.05, 3.63) is 71.6 Å². The topological polar surface area (TPSA) is 74.9 Å². The number of likely N-dealkylation sites (N-methyl/N-ethyl adjacent to an activating group) is 1. The number of aromatic nitrogens is 1. The molecule has 3 aromatic rings. The zero-order valence-electron chi connectivity index (χ0n) is 20.0. The Bertz CT molecular complexity index is 1020. The van der Waals surface area contributed by atoms with Crippen molar-refractivity contribution >= 4 is 29.9 Å².